The van der Waals surface area contributed by atoms with Crippen molar-refractivity contribution in [1.82, 2.24) is 4.37 Å². The van der Waals surface area contributed by atoms with Crippen molar-refractivity contribution in [3.63, 3.8) is 0 Å². The molecule has 0 radical (unpaired) electrons. The molecular weight excluding hydrogens is 271 g/mol. The Morgan fingerprint density at radius 3 is 2.80 bits per heavy atom. The highest BCUT2D eigenvalue weighted by atomic mass is 32.1. The average molecular weight is 286 g/mol. The lowest BCUT2D eigenvalue weighted by molar-refractivity contribution is 0.614. The summed E-state index contributed by atoms with van der Waals surface area (Å²) in [5.74, 6) is -0.162. The number of aromatic nitrogens is 1. The standard InChI is InChI=1S/C16H15FN2S/c1-10-7-8-12(9-14(10)17)11(2)18-16-13-5-3-4-6-15(13)19-20-16/h3-9,11,18H,1-2H3. The molecule has 1 N–H and O–H groups in total. The van der Waals surface area contributed by atoms with Crippen molar-refractivity contribution < 1.29 is 4.39 Å². The van der Waals surface area contributed by atoms with Crippen molar-refractivity contribution in [3.05, 3.63) is 59.4 Å². The minimum Gasteiger partial charge on any atom is -0.369 e. The molecule has 1 atom stereocenters. The fraction of sp³-hybridized carbons (Fsp3) is 0.188. The van der Waals surface area contributed by atoms with Crippen molar-refractivity contribution in [3.8, 4) is 0 Å². The Balaban J connectivity index is 1.88. The molecule has 0 aliphatic rings. The van der Waals surface area contributed by atoms with Gasteiger partial charge in [0.05, 0.1) is 5.52 Å². The van der Waals surface area contributed by atoms with E-state index >= 15 is 0 Å². The third-order valence-corrected chi connectivity index (χ3v) is 4.24. The van der Waals surface area contributed by atoms with Gasteiger partial charge in [0, 0.05) is 11.4 Å². The molecule has 4 heteroatoms. The first-order valence-corrected chi connectivity index (χ1v) is 7.29. The van der Waals surface area contributed by atoms with Crippen LogP contribution < -0.4 is 5.32 Å². The van der Waals surface area contributed by atoms with E-state index in [1.165, 1.54) is 11.5 Å². The molecule has 1 unspecified atom stereocenters. The van der Waals surface area contributed by atoms with Crippen LogP contribution >= 0.6 is 11.5 Å². The highest BCUT2D eigenvalue weighted by molar-refractivity contribution is 7.11. The second-order valence-electron chi connectivity index (χ2n) is 4.90. The lowest BCUT2D eigenvalue weighted by Crippen LogP contribution is -2.06. The predicted molar refractivity (Wildman–Crippen MR) is 82.8 cm³/mol. The van der Waals surface area contributed by atoms with Gasteiger partial charge in [-0.05, 0) is 54.7 Å². The van der Waals surface area contributed by atoms with Crippen molar-refractivity contribution >= 4 is 27.4 Å². The van der Waals surface area contributed by atoms with Gasteiger partial charge < -0.3 is 5.32 Å². The van der Waals surface area contributed by atoms with Crippen molar-refractivity contribution in [1.29, 1.82) is 0 Å². The first kappa shape index (κ1) is 13.1. The normalized spacial score (nSPS) is 12.6. The Bertz CT molecular complexity index is 751. The van der Waals surface area contributed by atoms with Crippen LogP contribution in [0.1, 0.15) is 24.1 Å². The molecule has 2 nitrogen and oxygen atoms in total. The molecule has 1 heterocycles. The molecule has 20 heavy (non-hydrogen) atoms. The molecule has 0 aliphatic carbocycles. The highest BCUT2D eigenvalue weighted by Gasteiger charge is 2.11. The number of aryl methyl sites for hydroxylation is 1. The average Bonchev–Trinajstić information content (AvgIpc) is 2.85. The number of halogens is 1. The second kappa shape index (κ2) is 5.21. The van der Waals surface area contributed by atoms with E-state index in [0.717, 1.165) is 21.5 Å². The number of benzene rings is 2. The zero-order valence-electron chi connectivity index (χ0n) is 11.4. The van der Waals surface area contributed by atoms with Crippen LogP contribution in [-0.2, 0) is 0 Å². The molecule has 0 amide bonds. The Morgan fingerprint density at radius 2 is 2.00 bits per heavy atom. The SMILES string of the molecule is Cc1ccc(C(C)Nc2snc3ccccc23)cc1F. The smallest absolute Gasteiger partial charge is 0.126 e. The molecule has 0 spiro atoms. The fourth-order valence-corrected chi connectivity index (χ4v) is 3.00. The second-order valence-corrected chi connectivity index (χ2v) is 5.68. The zero-order valence-corrected chi connectivity index (χ0v) is 12.2. The van der Waals surface area contributed by atoms with Gasteiger partial charge in [0.2, 0.25) is 0 Å². The number of nitrogens with one attached hydrogen (secondary N) is 1. The van der Waals surface area contributed by atoms with E-state index in [9.17, 15) is 4.39 Å². The largest absolute Gasteiger partial charge is 0.369 e. The Kier molecular flexibility index (Phi) is 3.40. The van der Waals surface area contributed by atoms with E-state index in [2.05, 4.69) is 9.69 Å². The molecule has 0 fully saturated rings. The number of rotatable bonds is 3. The minimum absolute atomic E-state index is 0.0361. The van der Waals surface area contributed by atoms with Crippen molar-refractivity contribution in [2.75, 3.05) is 5.32 Å². The first-order valence-electron chi connectivity index (χ1n) is 6.52. The fourth-order valence-electron chi connectivity index (χ4n) is 2.15. The summed E-state index contributed by atoms with van der Waals surface area (Å²) in [6.07, 6.45) is 0. The van der Waals surface area contributed by atoms with E-state index in [-0.39, 0.29) is 11.9 Å². The van der Waals surface area contributed by atoms with E-state index in [0.29, 0.717) is 5.56 Å². The van der Waals surface area contributed by atoms with Gasteiger partial charge in [-0.1, -0.05) is 24.3 Å². The summed E-state index contributed by atoms with van der Waals surface area (Å²) in [6.45, 7) is 3.80. The number of hydrogen-bond acceptors (Lipinski definition) is 3. The van der Waals surface area contributed by atoms with Gasteiger partial charge in [-0.2, -0.15) is 4.37 Å². The maximum atomic E-state index is 13.6. The van der Waals surface area contributed by atoms with Crippen molar-refractivity contribution in [2.45, 2.75) is 19.9 Å². The Morgan fingerprint density at radius 1 is 1.20 bits per heavy atom. The molecule has 0 aliphatic heterocycles. The molecule has 1 aromatic heterocycles. The lowest BCUT2D eigenvalue weighted by Gasteiger charge is -2.15. The summed E-state index contributed by atoms with van der Waals surface area (Å²) in [5.41, 5.74) is 2.59. The van der Waals surface area contributed by atoms with E-state index < -0.39 is 0 Å². The molecular formula is C16H15FN2S. The van der Waals surface area contributed by atoms with Crippen LogP contribution in [0.4, 0.5) is 9.39 Å². The summed E-state index contributed by atoms with van der Waals surface area (Å²) < 4.78 is 18.0. The summed E-state index contributed by atoms with van der Waals surface area (Å²) in [4.78, 5) is 0. The van der Waals surface area contributed by atoms with Crippen LogP contribution in [0.5, 0.6) is 0 Å². The van der Waals surface area contributed by atoms with Gasteiger partial charge in [-0.3, -0.25) is 0 Å². The molecule has 2 aromatic carbocycles. The van der Waals surface area contributed by atoms with Gasteiger partial charge in [-0.15, -0.1) is 0 Å². The number of anilines is 1. The van der Waals surface area contributed by atoms with E-state index in [1.54, 1.807) is 13.0 Å². The van der Waals surface area contributed by atoms with Crippen LogP contribution in [0.25, 0.3) is 10.9 Å². The maximum absolute atomic E-state index is 13.6. The van der Waals surface area contributed by atoms with Crippen LogP contribution in [0.3, 0.4) is 0 Å². The molecule has 3 aromatic rings. The van der Waals surface area contributed by atoms with E-state index in [4.69, 9.17) is 0 Å². The minimum atomic E-state index is -0.162. The van der Waals surface area contributed by atoms with Crippen LogP contribution in [0, 0.1) is 12.7 Å². The predicted octanol–water partition coefficient (Wildman–Crippen LogP) is 4.92. The Labute approximate surface area is 121 Å². The molecule has 3 rings (SSSR count). The van der Waals surface area contributed by atoms with E-state index in [1.807, 2.05) is 43.3 Å². The van der Waals surface area contributed by atoms with Gasteiger partial charge in [-0.25, -0.2) is 4.39 Å². The first-order chi connectivity index (χ1) is 9.65. The molecule has 0 saturated carbocycles. The summed E-state index contributed by atoms with van der Waals surface area (Å²) in [6, 6.07) is 13.4. The van der Waals surface area contributed by atoms with Gasteiger partial charge >= 0.3 is 0 Å². The van der Waals surface area contributed by atoms with Crippen molar-refractivity contribution in [2.24, 2.45) is 0 Å². The third kappa shape index (κ3) is 2.39. The van der Waals surface area contributed by atoms with Gasteiger partial charge in [0.15, 0.2) is 0 Å². The quantitative estimate of drug-likeness (QED) is 0.739. The maximum Gasteiger partial charge on any atom is 0.126 e. The van der Waals surface area contributed by atoms with Gasteiger partial charge in [0.25, 0.3) is 0 Å². The van der Waals surface area contributed by atoms with Gasteiger partial charge in [0.1, 0.15) is 10.8 Å². The number of nitrogens with zero attached hydrogens (tertiary/aromatic N) is 1. The molecule has 0 bridgehead atoms. The summed E-state index contributed by atoms with van der Waals surface area (Å²) >= 11 is 1.44. The topological polar surface area (TPSA) is 24.9 Å². The molecule has 0 saturated heterocycles. The monoisotopic (exact) mass is 286 g/mol. The third-order valence-electron chi connectivity index (χ3n) is 3.43. The zero-order chi connectivity index (χ0) is 14.1. The highest BCUT2D eigenvalue weighted by Crippen LogP contribution is 2.30. The van der Waals surface area contributed by atoms with Crippen LogP contribution in [0.15, 0.2) is 42.5 Å². The Hall–Kier alpha value is -1.94. The summed E-state index contributed by atoms with van der Waals surface area (Å²) in [7, 11) is 0. The number of hydrogen-bond donors (Lipinski definition) is 1. The van der Waals surface area contributed by atoms with Crippen LogP contribution in [0.2, 0.25) is 0 Å². The summed E-state index contributed by atoms with van der Waals surface area (Å²) in [5, 5.41) is 5.55. The number of fused-ring (bicyclic) bond motifs is 1. The van der Waals surface area contributed by atoms with Crippen LogP contribution in [-0.4, -0.2) is 4.37 Å². The molecule has 102 valence electrons. The lowest BCUT2D eigenvalue weighted by atomic mass is 10.1.